The monoisotopic (exact) mass is 346 g/mol. The number of carbonyl (C=O) groups excluding carboxylic acids is 2. The fraction of sp³-hybridized carbons (Fsp3) is 0.389. The fourth-order valence-electron chi connectivity index (χ4n) is 2.12. The molecule has 0 atom stereocenters. The van der Waals surface area contributed by atoms with Crippen LogP contribution in [0, 0.1) is 20.8 Å². The SMILES string of the molecule is CCC(=O)Oc1c(C)sc(=Nc2ccc(C)c(C)c2)n1C(=O)CC. The fourth-order valence-corrected chi connectivity index (χ4v) is 3.05. The Morgan fingerprint density at radius 1 is 1.12 bits per heavy atom. The van der Waals surface area contributed by atoms with Gasteiger partial charge in [0, 0.05) is 12.8 Å². The van der Waals surface area contributed by atoms with E-state index in [9.17, 15) is 9.59 Å². The first kappa shape index (κ1) is 18.1. The zero-order chi connectivity index (χ0) is 17.9. The number of hydrogen-bond donors (Lipinski definition) is 0. The molecule has 0 radical (unpaired) electrons. The van der Waals surface area contributed by atoms with Crippen molar-refractivity contribution in [2.75, 3.05) is 0 Å². The zero-order valence-corrected chi connectivity index (χ0v) is 15.5. The standard InChI is InChI=1S/C18H22N2O3S/c1-6-15(21)20-17(23-16(22)7-2)13(5)24-18(20)19-14-9-8-11(3)12(4)10-14/h8-10H,6-7H2,1-5H3. The smallest absolute Gasteiger partial charge is 0.312 e. The number of ether oxygens (including phenoxy) is 1. The van der Waals surface area contributed by atoms with Gasteiger partial charge in [-0.2, -0.15) is 0 Å². The Bertz CT molecular complexity index is 846. The molecule has 0 aliphatic heterocycles. The highest BCUT2D eigenvalue weighted by molar-refractivity contribution is 7.09. The number of aryl methyl sites for hydroxylation is 3. The molecule has 6 heteroatoms. The van der Waals surface area contributed by atoms with Crippen molar-refractivity contribution in [2.45, 2.75) is 47.5 Å². The summed E-state index contributed by atoms with van der Waals surface area (Å²) in [6.07, 6.45) is 0.548. The lowest BCUT2D eigenvalue weighted by atomic mass is 10.1. The lowest BCUT2D eigenvalue weighted by Gasteiger charge is -2.07. The predicted octanol–water partition coefficient (Wildman–Crippen LogP) is 4.07. The minimum atomic E-state index is -0.369. The van der Waals surface area contributed by atoms with Gasteiger partial charge in [0.15, 0.2) is 4.80 Å². The second-order valence-corrected chi connectivity index (χ2v) is 6.72. The summed E-state index contributed by atoms with van der Waals surface area (Å²) >= 11 is 1.34. The van der Waals surface area contributed by atoms with E-state index in [1.54, 1.807) is 13.8 Å². The van der Waals surface area contributed by atoms with Crippen molar-refractivity contribution in [1.29, 1.82) is 0 Å². The van der Waals surface area contributed by atoms with Crippen LogP contribution in [0.15, 0.2) is 23.2 Å². The summed E-state index contributed by atoms with van der Waals surface area (Å²) in [5.41, 5.74) is 3.09. The molecular weight excluding hydrogens is 324 g/mol. The maximum Gasteiger partial charge on any atom is 0.312 e. The van der Waals surface area contributed by atoms with E-state index in [-0.39, 0.29) is 24.2 Å². The molecule has 128 valence electrons. The molecule has 1 aromatic heterocycles. The summed E-state index contributed by atoms with van der Waals surface area (Å²) in [5, 5.41) is 0. The molecule has 0 bridgehead atoms. The first-order valence-electron chi connectivity index (χ1n) is 7.95. The number of benzene rings is 1. The summed E-state index contributed by atoms with van der Waals surface area (Å²) in [6.45, 7) is 9.37. The van der Waals surface area contributed by atoms with E-state index in [2.05, 4.69) is 4.99 Å². The molecule has 0 saturated heterocycles. The zero-order valence-electron chi connectivity index (χ0n) is 14.7. The second-order valence-electron chi connectivity index (χ2n) is 5.54. The van der Waals surface area contributed by atoms with E-state index in [1.807, 2.05) is 39.0 Å². The van der Waals surface area contributed by atoms with E-state index in [0.29, 0.717) is 11.2 Å². The van der Waals surface area contributed by atoms with Crippen molar-refractivity contribution in [3.05, 3.63) is 39.0 Å². The number of rotatable bonds is 4. The number of esters is 1. The first-order chi connectivity index (χ1) is 11.4. The Hall–Kier alpha value is -2.21. The molecule has 1 aromatic carbocycles. The molecule has 0 amide bonds. The van der Waals surface area contributed by atoms with Crippen LogP contribution in [0.25, 0.3) is 0 Å². The van der Waals surface area contributed by atoms with Gasteiger partial charge < -0.3 is 4.74 Å². The van der Waals surface area contributed by atoms with Crippen LogP contribution in [0.3, 0.4) is 0 Å². The van der Waals surface area contributed by atoms with Gasteiger partial charge in [-0.3, -0.25) is 9.59 Å². The number of aromatic nitrogens is 1. The maximum atomic E-state index is 12.4. The Balaban J connectivity index is 2.62. The van der Waals surface area contributed by atoms with Crippen molar-refractivity contribution in [3.63, 3.8) is 0 Å². The van der Waals surface area contributed by atoms with Crippen molar-refractivity contribution >= 4 is 28.9 Å². The molecule has 0 spiro atoms. The molecule has 0 aliphatic carbocycles. The molecule has 0 aliphatic rings. The van der Waals surface area contributed by atoms with Gasteiger partial charge in [0.1, 0.15) is 0 Å². The number of thiazole rings is 1. The number of nitrogens with zero attached hydrogens (tertiary/aromatic N) is 2. The van der Waals surface area contributed by atoms with Gasteiger partial charge in [-0.1, -0.05) is 31.3 Å². The highest BCUT2D eigenvalue weighted by Crippen LogP contribution is 2.23. The van der Waals surface area contributed by atoms with Crippen molar-refractivity contribution in [1.82, 2.24) is 4.57 Å². The van der Waals surface area contributed by atoms with Crippen molar-refractivity contribution in [2.24, 2.45) is 4.99 Å². The first-order valence-corrected chi connectivity index (χ1v) is 8.77. The largest absolute Gasteiger partial charge is 0.408 e. The molecular formula is C18H22N2O3S. The van der Waals surface area contributed by atoms with Crippen LogP contribution in [-0.4, -0.2) is 16.4 Å². The van der Waals surface area contributed by atoms with E-state index in [1.165, 1.54) is 21.5 Å². The topological polar surface area (TPSA) is 60.7 Å². The highest BCUT2D eigenvalue weighted by atomic mass is 32.1. The average Bonchev–Trinajstić information content (AvgIpc) is 2.85. The van der Waals surface area contributed by atoms with Crippen molar-refractivity contribution < 1.29 is 14.3 Å². The van der Waals surface area contributed by atoms with Gasteiger partial charge >= 0.3 is 5.97 Å². The molecule has 2 rings (SSSR count). The second kappa shape index (κ2) is 7.57. The number of carbonyl (C=O) groups is 2. The van der Waals surface area contributed by atoms with E-state index >= 15 is 0 Å². The third-order valence-corrected chi connectivity index (χ3v) is 4.64. The van der Waals surface area contributed by atoms with Crippen LogP contribution in [0.1, 0.15) is 47.5 Å². The van der Waals surface area contributed by atoms with Gasteiger partial charge in [-0.05, 0) is 44.0 Å². The van der Waals surface area contributed by atoms with E-state index < -0.39 is 0 Å². The average molecular weight is 346 g/mol. The minimum absolute atomic E-state index is 0.152. The predicted molar refractivity (Wildman–Crippen MR) is 95.0 cm³/mol. The molecule has 24 heavy (non-hydrogen) atoms. The third kappa shape index (κ3) is 3.82. The van der Waals surface area contributed by atoms with Crippen LogP contribution in [0.2, 0.25) is 0 Å². The molecule has 0 N–H and O–H groups in total. The summed E-state index contributed by atoms with van der Waals surface area (Å²) in [5.74, 6) is -0.242. The van der Waals surface area contributed by atoms with Gasteiger partial charge in [0.25, 0.3) is 0 Å². The normalized spacial score (nSPS) is 11.6. The van der Waals surface area contributed by atoms with Crippen LogP contribution in [0.5, 0.6) is 5.88 Å². The molecule has 2 aromatic rings. The van der Waals surface area contributed by atoms with E-state index in [0.717, 1.165) is 16.1 Å². The highest BCUT2D eigenvalue weighted by Gasteiger charge is 2.19. The van der Waals surface area contributed by atoms with E-state index in [4.69, 9.17) is 4.74 Å². The molecule has 5 nitrogen and oxygen atoms in total. The molecule has 0 unspecified atom stereocenters. The van der Waals surface area contributed by atoms with Crippen LogP contribution < -0.4 is 9.54 Å². The van der Waals surface area contributed by atoms with Gasteiger partial charge in [-0.15, -0.1) is 0 Å². The molecule has 1 heterocycles. The Labute approximate surface area is 145 Å². The third-order valence-electron chi connectivity index (χ3n) is 3.71. The lowest BCUT2D eigenvalue weighted by Crippen LogP contribution is -2.24. The Morgan fingerprint density at radius 3 is 2.42 bits per heavy atom. The summed E-state index contributed by atoms with van der Waals surface area (Å²) < 4.78 is 6.77. The summed E-state index contributed by atoms with van der Waals surface area (Å²) in [7, 11) is 0. The quantitative estimate of drug-likeness (QED) is 0.784. The molecule has 0 saturated carbocycles. The van der Waals surface area contributed by atoms with Gasteiger partial charge in [-0.25, -0.2) is 9.56 Å². The van der Waals surface area contributed by atoms with Gasteiger partial charge in [0.2, 0.25) is 11.8 Å². The minimum Gasteiger partial charge on any atom is -0.408 e. The van der Waals surface area contributed by atoms with Crippen LogP contribution >= 0.6 is 11.3 Å². The summed E-state index contributed by atoms with van der Waals surface area (Å²) in [6, 6.07) is 5.89. The Kier molecular flexibility index (Phi) is 5.72. The molecule has 0 fully saturated rings. The van der Waals surface area contributed by atoms with Crippen molar-refractivity contribution in [3.8, 4) is 5.88 Å². The maximum absolute atomic E-state index is 12.4. The lowest BCUT2D eigenvalue weighted by molar-refractivity contribution is -0.134. The van der Waals surface area contributed by atoms with Gasteiger partial charge in [0.05, 0.1) is 10.6 Å². The summed E-state index contributed by atoms with van der Waals surface area (Å²) in [4.78, 5) is 29.9. The van der Waals surface area contributed by atoms with Crippen LogP contribution in [0.4, 0.5) is 5.69 Å². The van der Waals surface area contributed by atoms with Crippen LogP contribution in [-0.2, 0) is 4.79 Å². The Morgan fingerprint density at radius 2 is 1.83 bits per heavy atom. The number of hydrogen-bond acceptors (Lipinski definition) is 5.